The maximum absolute atomic E-state index is 6.36. The minimum atomic E-state index is 0.460. The van der Waals surface area contributed by atoms with Crippen LogP contribution in [0.2, 0.25) is 0 Å². The highest BCUT2D eigenvalue weighted by molar-refractivity contribution is 6.15. The van der Waals surface area contributed by atoms with Crippen LogP contribution in [0, 0.1) is 0 Å². The van der Waals surface area contributed by atoms with E-state index in [4.69, 9.17) is 4.42 Å². The van der Waals surface area contributed by atoms with Gasteiger partial charge in [-0.1, -0.05) is 68.4 Å². The second-order valence-corrected chi connectivity index (χ2v) is 7.46. The molecule has 3 aromatic carbocycles. The van der Waals surface area contributed by atoms with Crippen molar-refractivity contribution in [2.75, 3.05) is 0 Å². The fraction of sp³-hybridized carbons (Fsp3) is 0.115. The van der Waals surface area contributed by atoms with Gasteiger partial charge in [-0.3, -0.25) is 4.98 Å². The first-order chi connectivity index (χ1) is 13.7. The fourth-order valence-electron chi connectivity index (χ4n) is 3.86. The molecule has 0 spiro atoms. The molecule has 2 nitrogen and oxygen atoms in total. The van der Waals surface area contributed by atoms with Gasteiger partial charge >= 0.3 is 0 Å². The first kappa shape index (κ1) is 16.8. The van der Waals surface area contributed by atoms with E-state index >= 15 is 0 Å². The van der Waals surface area contributed by atoms with Crippen LogP contribution >= 0.6 is 0 Å². The van der Waals surface area contributed by atoms with Crippen molar-refractivity contribution in [1.29, 1.82) is 0 Å². The quantitative estimate of drug-likeness (QED) is 0.333. The van der Waals surface area contributed by atoms with Crippen LogP contribution in [0.3, 0.4) is 0 Å². The van der Waals surface area contributed by atoms with Gasteiger partial charge in [0.25, 0.3) is 0 Å². The van der Waals surface area contributed by atoms with Crippen LogP contribution in [0.15, 0.2) is 89.5 Å². The van der Waals surface area contributed by atoms with Crippen LogP contribution < -0.4 is 0 Å². The number of rotatable bonds is 3. The Hall–Kier alpha value is -3.39. The molecule has 0 aliphatic heterocycles. The van der Waals surface area contributed by atoms with Crippen LogP contribution in [0.1, 0.15) is 25.3 Å². The predicted octanol–water partition coefficient (Wildman–Crippen LogP) is 7.44. The van der Waals surface area contributed by atoms with Gasteiger partial charge in [-0.25, -0.2) is 0 Å². The number of pyridine rings is 1. The Labute approximate surface area is 164 Å². The largest absolute Gasteiger partial charge is 0.455 e. The number of hydrogen-bond acceptors (Lipinski definition) is 2. The second-order valence-electron chi connectivity index (χ2n) is 7.46. The minimum Gasteiger partial charge on any atom is -0.455 e. The monoisotopic (exact) mass is 363 g/mol. The van der Waals surface area contributed by atoms with E-state index in [2.05, 4.69) is 85.6 Å². The van der Waals surface area contributed by atoms with Gasteiger partial charge < -0.3 is 4.42 Å². The standard InChI is InChI=1S/C26H21NO/c1-17(2)19-14-15-27-23(16-19)21-11-6-12-22-25-20(18-8-4-3-5-9-18)10-7-13-24(25)28-26(21)22/h3-17H,1-2H3. The second kappa shape index (κ2) is 6.65. The molecule has 136 valence electrons. The molecular weight excluding hydrogens is 342 g/mol. The molecular formula is C26H21NO. The zero-order chi connectivity index (χ0) is 19.1. The lowest BCUT2D eigenvalue weighted by Crippen LogP contribution is -1.91. The van der Waals surface area contributed by atoms with E-state index in [1.165, 1.54) is 16.7 Å². The zero-order valence-electron chi connectivity index (χ0n) is 16.0. The number of aromatic nitrogens is 1. The number of nitrogens with zero attached hydrogens (tertiary/aromatic N) is 1. The van der Waals surface area contributed by atoms with Crippen molar-refractivity contribution in [3.8, 4) is 22.4 Å². The number of fused-ring (bicyclic) bond motifs is 3. The van der Waals surface area contributed by atoms with E-state index in [1.54, 1.807) is 0 Å². The normalized spacial score (nSPS) is 11.5. The summed E-state index contributed by atoms with van der Waals surface area (Å²) < 4.78 is 6.36. The highest BCUT2D eigenvalue weighted by Gasteiger charge is 2.16. The molecule has 0 saturated heterocycles. The maximum Gasteiger partial charge on any atom is 0.144 e. The molecule has 2 heteroatoms. The van der Waals surface area contributed by atoms with Crippen molar-refractivity contribution >= 4 is 21.9 Å². The Balaban J connectivity index is 1.80. The van der Waals surface area contributed by atoms with Gasteiger partial charge in [-0.15, -0.1) is 0 Å². The predicted molar refractivity (Wildman–Crippen MR) is 116 cm³/mol. The SMILES string of the molecule is CC(C)c1ccnc(-c2cccc3c2oc2cccc(-c4ccccc4)c23)c1. The number of benzene rings is 3. The Bertz CT molecular complexity index is 1280. The van der Waals surface area contributed by atoms with Gasteiger partial charge in [0.1, 0.15) is 11.2 Å². The summed E-state index contributed by atoms with van der Waals surface area (Å²) in [6.45, 7) is 4.40. The van der Waals surface area contributed by atoms with E-state index < -0.39 is 0 Å². The van der Waals surface area contributed by atoms with Crippen LogP contribution in [0.5, 0.6) is 0 Å². The van der Waals surface area contributed by atoms with Crippen LogP contribution in [0.25, 0.3) is 44.3 Å². The lowest BCUT2D eigenvalue weighted by atomic mass is 9.97. The van der Waals surface area contributed by atoms with E-state index in [-0.39, 0.29) is 0 Å². The highest BCUT2D eigenvalue weighted by Crippen LogP contribution is 2.40. The van der Waals surface area contributed by atoms with Gasteiger partial charge in [0.2, 0.25) is 0 Å². The minimum absolute atomic E-state index is 0.460. The molecule has 0 bridgehead atoms. The van der Waals surface area contributed by atoms with Crippen molar-refractivity contribution in [1.82, 2.24) is 4.98 Å². The summed E-state index contributed by atoms with van der Waals surface area (Å²) in [5, 5.41) is 2.29. The summed E-state index contributed by atoms with van der Waals surface area (Å²) in [7, 11) is 0. The van der Waals surface area contributed by atoms with Gasteiger partial charge in [-0.05, 0) is 46.9 Å². The lowest BCUT2D eigenvalue weighted by molar-refractivity contribution is 0.670. The summed E-state index contributed by atoms with van der Waals surface area (Å²) in [5.41, 5.74) is 7.47. The average molecular weight is 363 g/mol. The summed E-state index contributed by atoms with van der Waals surface area (Å²) in [4.78, 5) is 4.63. The van der Waals surface area contributed by atoms with E-state index in [0.717, 1.165) is 33.2 Å². The van der Waals surface area contributed by atoms with Crippen LogP contribution in [-0.4, -0.2) is 4.98 Å². The van der Waals surface area contributed by atoms with E-state index in [1.807, 2.05) is 18.3 Å². The summed E-state index contributed by atoms with van der Waals surface area (Å²) in [6, 6.07) is 27.3. The number of para-hydroxylation sites is 1. The smallest absolute Gasteiger partial charge is 0.144 e. The summed E-state index contributed by atoms with van der Waals surface area (Å²) in [5.74, 6) is 0.460. The molecule has 5 rings (SSSR count). The van der Waals surface area contributed by atoms with Crippen LogP contribution in [-0.2, 0) is 0 Å². The first-order valence-corrected chi connectivity index (χ1v) is 9.68. The molecule has 0 aliphatic carbocycles. The van der Waals surface area contributed by atoms with Crippen molar-refractivity contribution in [3.63, 3.8) is 0 Å². The molecule has 0 unspecified atom stereocenters. The first-order valence-electron chi connectivity index (χ1n) is 9.68. The molecule has 0 fully saturated rings. The molecule has 0 amide bonds. The van der Waals surface area contributed by atoms with Gasteiger partial charge in [0, 0.05) is 22.5 Å². The third-order valence-corrected chi connectivity index (χ3v) is 5.33. The third-order valence-electron chi connectivity index (χ3n) is 5.33. The van der Waals surface area contributed by atoms with E-state index in [9.17, 15) is 0 Å². The highest BCUT2D eigenvalue weighted by atomic mass is 16.3. The Morgan fingerprint density at radius 3 is 2.39 bits per heavy atom. The molecule has 2 aromatic heterocycles. The van der Waals surface area contributed by atoms with Crippen molar-refractivity contribution in [2.45, 2.75) is 19.8 Å². The van der Waals surface area contributed by atoms with Crippen molar-refractivity contribution in [3.05, 3.63) is 90.6 Å². The molecule has 0 radical (unpaired) electrons. The molecule has 5 aromatic rings. The van der Waals surface area contributed by atoms with Crippen LogP contribution in [0.4, 0.5) is 0 Å². The Morgan fingerprint density at radius 2 is 1.57 bits per heavy atom. The Kier molecular flexibility index (Phi) is 3.98. The average Bonchev–Trinajstić information content (AvgIpc) is 3.13. The lowest BCUT2D eigenvalue weighted by Gasteiger charge is -2.08. The molecule has 28 heavy (non-hydrogen) atoms. The topological polar surface area (TPSA) is 26.0 Å². The molecule has 0 atom stereocenters. The van der Waals surface area contributed by atoms with Crippen molar-refractivity contribution in [2.24, 2.45) is 0 Å². The van der Waals surface area contributed by atoms with Gasteiger partial charge in [-0.2, -0.15) is 0 Å². The molecule has 0 N–H and O–H groups in total. The van der Waals surface area contributed by atoms with E-state index in [0.29, 0.717) is 5.92 Å². The van der Waals surface area contributed by atoms with Gasteiger partial charge in [0.05, 0.1) is 5.69 Å². The summed E-state index contributed by atoms with van der Waals surface area (Å²) in [6.07, 6.45) is 1.89. The zero-order valence-corrected chi connectivity index (χ0v) is 16.0. The Morgan fingerprint density at radius 1 is 0.786 bits per heavy atom. The molecule has 2 heterocycles. The van der Waals surface area contributed by atoms with Crippen molar-refractivity contribution < 1.29 is 4.42 Å². The molecule has 0 aliphatic rings. The maximum atomic E-state index is 6.36. The van der Waals surface area contributed by atoms with Gasteiger partial charge in [0.15, 0.2) is 0 Å². The molecule has 0 saturated carbocycles. The summed E-state index contributed by atoms with van der Waals surface area (Å²) >= 11 is 0. The number of hydrogen-bond donors (Lipinski definition) is 0. The fourth-order valence-corrected chi connectivity index (χ4v) is 3.86. The number of furan rings is 1. The third kappa shape index (κ3) is 2.69.